The molecule has 0 aromatic heterocycles. The maximum absolute atomic E-state index is 13.0. The van der Waals surface area contributed by atoms with Gasteiger partial charge in [0, 0.05) is 0 Å². The van der Waals surface area contributed by atoms with E-state index in [0.717, 1.165) is 6.07 Å². The van der Waals surface area contributed by atoms with E-state index in [1.807, 2.05) is 0 Å². The van der Waals surface area contributed by atoms with Crippen LogP contribution in [-0.2, 0) is 0 Å². The van der Waals surface area contributed by atoms with Gasteiger partial charge in [0.1, 0.15) is 11.6 Å². The van der Waals surface area contributed by atoms with E-state index in [2.05, 4.69) is 5.73 Å². The van der Waals surface area contributed by atoms with Gasteiger partial charge in [0.2, 0.25) is 0 Å². The van der Waals surface area contributed by atoms with Gasteiger partial charge >= 0.3 is 0 Å². The highest BCUT2D eigenvalue weighted by Gasteiger charge is 2.23. The first-order valence-corrected chi connectivity index (χ1v) is 3.51. The number of amides is 1. The summed E-state index contributed by atoms with van der Waals surface area (Å²) in [4.78, 5) is 10.5. The molecule has 0 aliphatic rings. The van der Waals surface area contributed by atoms with Crippen LogP contribution in [0.15, 0.2) is 12.1 Å². The van der Waals surface area contributed by atoms with Gasteiger partial charge in [-0.05, 0) is 12.1 Å². The average molecular weight is 207 g/mol. The van der Waals surface area contributed by atoms with Crippen LogP contribution in [0.4, 0.5) is 17.6 Å². The highest BCUT2D eigenvalue weighted by molar-refractivity contribution is 5.93. The molecule has 1 aromatic rings. The molecular formula is C8H5F4NO. The molecule has 0 saturated heterocycles. The molecule has 1 rings (SSSR count). The van der Waals surface area contributed by atoms with Crippen molar-refractivity contribution in [2.75, 3.05) is 0 Å². The molecule has 1 amide bonds. The van der Waals surface area contributed by atoms with E-state index in [-0.39, 0.29) is 0 Å². The molecule has 6 heteroatoms. The predicted octanol–water partition coefficient (Wildman–Crippen LogP) is 2.00. The van der Waals surface area contributed by atoms with Crippen LogP contribution < -0.4 is 5.73 Å². The number of carbonyl (C=O) groups is 1. The average Bonchev–Trinajstić information content (AvgIpc) is 2.02. The summed E-state index contributed by atoms with van der Waals surface area (Å²) in [7, 11) is 0. The fourth-order valence-electron chi connectivity index (χ4n) is 0.960. The number of hydrogen-bond acceptors (Lipinski definition) is 1. The minimum absolute atomic E-state index is 0.574. The summed E-state index contributed by atoms with van der Waals surface area (Å²) in [6.45, 7) is 0. The summed E-state index contributed by atoms with van der Waals surface area (Å²) >= 11 is 0. The van der Waals surface area contributed by atoms with Crippen molar-refractivity contribution in [3.05, 3.63) is 34.9 Å². The van der Waals surface area contributed by atoms with Crippen molar-refractivity contribution in [3.8, 4) is 0 Å². The normalized spacial score (nSPS) is 10.6. The second kappa shape index (κ2) is 3.65. The van der Waals surface area contributed by atoms with E-state index < -0.39 is 35.1 Å². The minimum Gasteiger partial charge on any atom is -0.366 e. The number of hydrogen-bond donors (Lipinski definition) is 1. The monoisotopic (exact) mass is 207 g/mol. The highest BCUT2D eigenvalue weighted by atomic mass is 19.3. The van der Waals surface area contributed by atoms with Gasteiger partial charge in [0.05, 0.1) is 11.1 Å². The zero-order valence-corrected chi connectivity index (χ0v) is 6.73. The third kappa shape index (κ3) is 1.68. The molecule has 76 valence electrons. The Morgan fingerprint density at radius 2 is 1.86 bits per heavy atom. The number of halogens is 4. The summed E-state index contributed by atoms with van der Waals surface area (Å²) in [6.07, 6.45) is -3.32. The minimum atomic E-state index is -3.32. The topological polar surface area (TPSA) is 43.1 Å². The van der Waals surface area contributed by atoms with Gasteiger partial charge in [-0.2, -0.15) is 0 Å². The van der Waals surface area contributed by atoms with Crippen molar-refractivity contribution < 1.29 is 22.4 Å². The predicted molar refractivity (Wildman–Crippen MR) is 39.8 cm³/mol. The molecule has 2 nitrogen and oxygen atoms in total. The Morgan fingerprint density at radius 1 is 1.29 bits per heavy atom. The lowest BCUT2D eigenvalue weighted by Gasteiger charge is -2.05. The molecule has 14 heavy (non-hydrogen) atoms. The molecule has 0 saturated carbocycles. The Morgan fingerprint density at radius 3 is 2.29 bits per heavy atom. The van der Waals surface area contributed by atoms with Gasteiger partial charge < -0.3 is 5.73 Å². The zero-order chi connectivity index (χ0) is 10.9. The van der Waals surface area contributed by atoms with E-state index in [0.29, 0.717) is 6.07 Å². The van der Waals surface area contributed by atoms with Gasteiger partial charge in [-0.1, -0.05) is 0 Å². The molecular weight excluding hydrogens is 202 g/mol. The Balaban J connectivity index is 3.41. The first-order valence-electron chi connectivity index (χ1n) is 3.51. The molecule has 0 bridgehead atoms. The zero-order valence-electron chi connectivity index (χ0n) is 6.73. The second-order valence-corrected chi connectivity index (χ2v) is 2.49. The maximum atomic E-state index is 13.0. The quantitative estimate of drug-likeness (QED) is 0.740. The fourth-order valence-corrected chi connectivity index (χ4v) is 0.960. The SMILES string of the molecule is NC(=O)c1ccc(F)c(C(F)F)c1F. The second-order valence-electron chi connectivity index (χ2n) is 2.49. The molecule has 2 N–H and O–H groups in total. The van der Waals surface area contributed by atoms with Crippen LogP contribution >= 0.6 is 0 Å². The van der Waals surface area contributed by atoms with Gasteiger partial charge in [0.25, 0.3) is 12.3 Å². The fraction of sp³-hybridized carbons (Fsp3) is 0.125. The first kappa shape index (κ1) is 10.5. The lowest BCUT2D eigenvalue weighted by molar-refractivity contribution is 0.0994. The van der Waals surface area contributed by atoms with Crippen LogP contribution in [-0.4, -0.2) is 5.91 Å². The summed E-state index contributed by atoms with van der Waals surface area (Å²) in [5.41, 5.74) is 2.51. The molecule has 0 spiro atoms. The Hall–Kier alpha value is -1.59. The van der Waals surface area contributed by atoms with Crippen molar-refractivity contribution >= 4 is 5.91 Å². The molecule has 1 aromatic carbocycles. The molecule has 0 heterocycles. The third-order valence-electron chi connectivity index (χ3n) is 1.61. The summed E-state index contributed by atoms with van der Waals surface area (Å²) in [5.74, 6) is -4.22. The van der Waals surface area contributed by atoms with Crippen molar-refractivity contribution in [2.45, 2.75) is 6.43 Å². The van der Waals surface area contributed by atoms with Crippen molar-refractivity contribution in [1.82, 2.24) is 0 Å². The van der Waals surface area contributed by atoms with Crippen molar-refractivity contribution in [3.63, 3.8) is 0 Å². The Labute approximate surface area is 76.3 Å². The van der Waals surface area contributed by atoms with E-state index in [4.69, 9.17) is 0 Å². The number of carbonyl (C=O) groups excluding carboxylic acids is 1. The van der Waals surface area contributed by atoms with E-state index >= 15 is 0 Å². The van der Waals surface area contributed by atoms with E-state index in [1.54, 1.807) is 0 Å². The van der Waals surface area contributed by atoms with Gasteiger partial charge in [-0.3, -0.25) is 4.79 Å². The molecule has 0 aliphatic carbocycles. The van der Waals surface area contributed by atoms with Crippen LogP contribution in [0, 0.1) is 11.6 Å². The summed E-state index contributed by atoms with van der Waals surface area (Å²) in [6, 6.07) is 1.30. The lowest BCUT2D eigenvalue weighted by Crippen LogP contribution is -2.15. The lowest BCUT2D eigenvalue weighted by atomic mass is 10.1. The van der Waals surface area contributed by atoms with Crippen LogP contribution in [0.25, 0.3) is 0 Å². The summed E-state index contributed by atoms with van der Waals surface area (Å²) in [5, 5.41) is 0. The van der Waals surface area contributed by atoms with Crippen molar-refractivity contribution in [2.24, 2.45) is 5.73 Å². The smallest absolute Gasteiger partial charge is 0.269 e. The Kier molecular flexibility index (Phi) is 2.73. The largest absolute Gasteiger partial charge is 0.366 e. The maximum Gasteiger partial charge on any atom is 0.269 e. The van der Waals surface area contributed by atoms with Gasteiger partial charge in [-0.15, -0.1) is 0 Å². The van der Waals surface area contributed by atoms with Crippen LogP contribution in [0.5, 0.6) is 0 Å². The summed E-state index contributed by atoms with van der Waals surface area (Å²) < 4.78 is 49.9. The molecule has 0 radical (unpaired) electrons. The highest BCUT2D eigenvalue weighted by Crippen LogP contribution is 2.26. The number of rotatable bonds is 2. The molecule has 0 unspecified atom stereocenters. The van der Waals surface area contributed by atoms with E-state index in [1.165, 1.54) is 0 Å². The van der Waals surface area contributed by atoms with E-state index in [9.17, 15) is 22.4 Å². The number of nitrogens with two attached hydrogens (primary N) is 1. The van der Waals surface area contributed by atoms with Gasteiger partial charge in [-0.25, -0.2) is 17.6 Å². The number of alkyl halides is 2. The molecule has 0 aliphatic heterocycles. The van der Waals surface area contributed by atoms with Crippen LogP contribution in [0.2, 0.25) is 0 Å². The van der Waals surface area contributed by atoms with Crippen LogP contribution in [0.1, 0.15) is 22.3 Å². The standard InChI is InChI=1S/C8H5F4NO/c9-4-2-1-3(8(13)14)6(10)5(4)7(11)12/h1-2,7H,(H2,13,14). The van der Waals surface area contributed by atoms with Crippen LogP contribution in [0.3, 0.4) is 0 Å². The number of primary amides is 1. The van der Waals surface area contributed by atoms with Gasteiger partial charge in [0.15, 0.2) is 0 Å². The third-order valence-corrected chi connectivity index (χ3v) is 1.61. The van der Waals surface area contributed by atoms with Crippen molar-refractivity contribution in [1.29, 1.82) is 0 Å². The Bertz CT molecular complexity index is 378. The number of benzene rings is 1. The molecule has 0 atom stereocenters. The molecule has 0 fully saturated rings. The first-order chi connectivity index (χ1) is 6.45.